The van der Waals surface area contributed by atoms with Crippen molar-refractivity contribution < 1.29 is 26.7 Å². The van der Waals surface area contributed by atoms with Crippen molar-refractivity contribution in [2.45, 2.75) is 17.9 Å². The number of alkyl halides is 2. The molecular weight excluding hydrogens is 306 g/mol. The second kappa shape index (κ2) is 8.23. The van der Waals surface area contributed by atoms with Crippen LogP contribution in [0.3, 0.4) is 0 Å². The fourth-order valence-corrected chi connectivity index (χ4v) is 2.79. The maximum atomic E-state index is 12.1. The number of hydrogen-bond donors (Lipinski definition) is 2. The molecule has 6 nitrogen and oxygen atoms in total. The minimum Gasteiger partial charge on any atom is -0.495 e. The van der Waals surface area contributed by atoms with Crippen molar-refractivity contribution in [2.24, 2.45) is 5.73 Å². The van der Waals surface area contributed by atoms with Gasteiger partial charge in [0, 0.05) is 13.1 Å². The Bertz CT molecular complexity index is 552. The smallest absolute Gasteiger partial charge is 0.261 e. The summed E-state index contributed by atoms with van der Waals surface area (Å²) < 4.78 is 59.8. The molecule has 0 radical (unpaired) electrons. The lowest BCUT2D eigenvalue weighted by atomic mass is 10.2. The second-order valence-electron chi connectivity index (χ2n) is 4.05. The van der Waals surface area contributed by atoms with Gasteiger partial charge in [0.25, 0.3) is 6.43 Å². The van der Waals surface area contributed by atoms with E-state index in [2.05, 4.69) is 9.46 Å². The molecule has 0 heterocycles. The van der Waals surface area contributed by atoms with Gasteiger partial charge in [-0.3, -0.25) is 0 Å². The number of nitrogens with two attached hydrogens (primary N) is 1. The standard InChI is InChI=1S/C12H18F2N2O4S/c1-19-10-3-2-9(7-15)6-11(10)21(17,18)16-4-5-20-8-12(13)14/h2-3,6,12,16H,4-5,7-8,15H2,1H3. The van der Waals surface area contributed by atoms with Crippen LogP contribution >= 0.6 is 0 Å². The zero-order valence-corrected chi connectivity index (χ0v) is 12.3. The van der Waals surface area contributed by atoms with Gasteiger partial charge in [-0.15, -0.1) is 0 Å². The van der Waals surface area contributed by atoms with Crippen molar-refractivity contribution in [3.63, 3.8) is 0 Å². The number of methoxy groups -OCH3 is 1. The van der Waals surface area contributed by atoms with Crippen LogP contribution in [0.25, 0.3) is 0 Å². The molecule has 1 aromatic carbocycles. The van der Waals surface area contributed by atoms with Crippen LogP contribution in [0.1, 0.15) is 5.56 Å². The number of hydrogen-bond acceptors (Lipinski definition) is 5. The van der Waals surface area contributed by atoms with E-state index in [1.54, 1.807) is 6.07 Å². The van der Waals surface area contributed by atoms with E-state index in [-0.39, 0.29) is 30.3 Å². The third kappa shape index (κ3) is 5.54. The molecular formula is C12H18F2N2O4S. The summed E-state index contributed by atoms with van der Waals surface area (Å²) in [5.74, 6) is 0.174. The summed E-state index contributed by atoms with van der Waals surface area (Å²) in [6.45, 7) is -0.814. The number of rotatable bonds is 9. The van der Waals surface area contributed by atoms with Gasteiger partial charge in [0.2, 0.25) is 10.0 Å². The van der Waals surface area contributed by atoms with Crippen LogP contribution in [-0.4, -0.2) is 41.7 Å². The van der Waals surface area contributed by atoms with Gasteiger partial charge in [-0.05, 0) is 17.7 Å². The van der Waals surface area contributed by atoms with Crippen LogP contribution in [0.2, 0.25) is 0 Å². The maximum Gasteiger partial charge on any atom is 0.261 e. The first-order valence-corrected chi connectivity index (χ1v) is 7.61. The van der Waals surface area contributed by atoms with E-state index < -0.39 is 23.1 Å². The van der Waals surface area contributed by atoms with Crippen LogP contribution in [0.4, 0.5) is 8.78 Å². The highest BCUT2D eigenvalue weighted by molar-refractivity contribution is 7.89. The van der Waals surface area contributed by atoms with Crippen LogP contribution in [0.15, 0.2) is 23.1 Å². The van der Waals surface area contributed by atoms with E-state index >= 15 is 0 Å². The SMILES string of the molecule is COc1ccc(CN)cc1S(=O)(=O)NCCOCC(F)F. The molecule has 21 heavy (non-hydrogen) atoms. The van der Waals surface area contributed by atoms with E-state index in [1.807, 2.05) is 0 Å². The highest BCUT2D eigenvalue weighted by Crippen LogP contribution is 2.24. The third-order valence-corrected chi connectivity index (χ3v) is 4.02. The highest BCUT2D eigenvalue weighted by Gasteiger charge is 2.19. The van der Waals surface area contributed by atoms with E-state index in [4.69, 9.17) is 10.5 Å². The largest absolute Gasteiger partial charge is 0.495 e. The molecule has 3 N–H and O–H groups in total. The minimum atomic E-state index is -3.83. The normalized spacial score (nSPS) is 11.9. The topological polar surface area (TPSA) is 90.7 Å². The summed E-state index contributed by atoms with van der Waals surface area (Å²) in [7, 11) is -2.48. The predicted octanol–water partition coefficient (Wildman–Crippen LogP) is 0.714. The van der Waals surface area contributed by atoms with Crippen molar-refractivity contribution in [3.05, 3.63) is 23.8 Å². The van der Waals surface area contributed by atoms with Crippen LogP contribution in [0, 0.1) is 0 Å². The molecule has 0 spiro atoms. The van der Waals surface area contributed by atoms with Gasteiger partial charge in [0.05, 0.1) is 13.7 Å². The molecule has 0 bridgehead atoms. The molecule has 0 aliphatic rings. The lowest BCUT2D eigenvalue weighted by molar-refractivity contribution is 0.0199. The van der Waals surface area contributed by atoms with Gasteiger partial charge in [-0.2, -0.15) is 0 Å². The first-order chi connectivity index (χ1) is 9.90. The zero-order chi connectivity index (χ0) is 15.9. The highest BCUT2D eigenvalue weighted by atomic mass is 32.2. The molecule has 0 atom stereocenters. The Morgan fingerprint density at radius 1 is 1.38 bits per heavy atom. The molecule has 9 heteroatoms. The number of benzene rings is 1. The first-order valence-electron chi connectivity index (χ1n) is 6.13. The van der Waals surface area contributed by atoms with Gasteiger partial charge in [0.1, 0.15) is 17.3 Å². The Morgan fingerprint density at radius 3 is 2.67 bits per heavy atom. The van der Waals surface area contributed by atoms with Gasteiger partial charge >= 0.3 is 0 Å². The van der Waals surface area contributed by atoms with Gasteiger partial charge in [-0.25, -0.2) is 21.9 Å². The molecule has 0 saturated heterocycles. The lowest BCUT2D eigenvalue weighted by Gasteiger charge is -2.12. The fourth-order valence-electron chi connectivity index (χ4n) is 1.56. The molecule has 0 unspecified atom stereocenters. The molecule has 1 rings (SSSR count). The van der Waals surface area contributed by atoms with Crippen LogP contribution in [-0.2, 0) is 21.3 Å². The summed E-state index contributed by atoms with van der Waals surface area (Å²) >= 11 is 0. The van der Waals surface area contributed by atoms with Crippen molar-refractivity contribution in [1.29, 1.82) is 0 Å². The average molecular weight is 324 g/mol. The summed E-state index contributed by atoms with van der Waals surface area (Å²) in [6, 6.07) is 4.56. The summed E-state index contributed by atoms with van der Waals surface area (Å²) in [4.78, 5) is -0.0539. The summed E-state index contributed by atoms with van der Waals surface area (Å²) in [6.07, 6.45) is -2.58. The first kappa shape index (κ1) is 17.8. The minimum absolute atomic E-state index is 0.0539. The van der Waals surface area contributed by atoms with Crippen LogP contribution < -0.4 is 15.2 Å². The van der Waals surface area contributed by atoms with Gasteiger partial charge in [0.15, 0.2) is 0 Å². The fraction of sp³-hybridized carbons (Fsp3) is 0.500. The third-order valence-electron chi connectivity index (χ3n) is 2.54. The Hall–Kier alpha value is -1.29. The Balaban J connectivity index is 2.73. The summed E-state index contributed by atoms with van der Waals surface area (Å²) in [5, 5.41) is 0. The maximum absolute atomic E-state index is 12.1. The monoisotopic (exact) mass is 324 g/mol. The zero-order valence-electron chi connectivity index (χ0n) is 11.5. The molecule has 0 aliphatic carbocycles. The van der Waals surface area contributed by atoms with Gasteiger partial charge in [-0.1, -0.05) is 6.07 Å². The quantitative estimate of drug-likeness (QED) is 0.653. The van der Waals surface area contributed by atoms with E-state index in [1.165, 1.54) is 19.2 Å². The van der Waals surface area contributed by atoms with Gasteiger partial charge < -0.3 is 15.2 Å². The molecule has 0 fully saturated rings. The Labute approximate surface area is 122 Å². The molecule has 0 saturated carbocycles. The Kier molecular flexibility index (Phi) is 6.96. The second-order valence-corrected chi connectivity index (χ2v) is 5.79. The summed E-state index contributed by atoms with van der Waals surface area (Å²) in [5.41, 5.74) is 6.10. The number of nitrogens with one attached hydrogen (secondary N) is 1. The lowest BCUT2D eigenvalue weighted by Crippen LogP contribution is -2.28. The Morgan fingerprint density at radius 2 is 2.10 bits per heavy atom. The van der Waals surface area contributed by atoms with Crippen LogP contribution in [0.5, 0.6) is 5.75 Å². The van der Waals surface area contributed by atoms with Crippen molar-refractivity contribution in [3.8, 4) is 5.75 Å². The number of ether oxygens (including phenoxy) is 2. The predicted molar refractivity (Wildman–Crippen MR) is 72.9 cm³/mol. The number of sulfonamides is 1. The molecule has 0 aromatic heterocycles. The number of halogens is 2. The molecule has 1 aromatic rings. The van der Waals surface area contributed by atoms with Crippen molar-refractivity contribution in [2.75, 3.05) is 26.9 Å². The molecule has 120 valence electrons. The van der Waals surface area contributed by atoms with E-state index in [0.29, 0.717) is 5.56 Å². The van der Waals surface area contributed by atoms with Crippen molar-refractivity contribution >= 4 is 10.0 Å². The molecule has 0 aliphatic heterocycles. The van der Waals surface area contributed by atoms with Crippen molar-refractivity contribution in [1.82, 2.24) is 4.72 Å². The van der Waals surface area contributed by atoms with E-state index in [0.717, 1.165) is 0 Å². The average Bonchev–Trinajstić information content (AvgIpc) is 2.45. The van der Waals surface area contributed by atoms with E-state index in [9.17, 15) is 17.2 Å². The molecule has 0 amide bonds.